The predicted octanol–water partition coefficient (Wildman–Crippen LogP) is 1.88. The summed E-state index contributed by atoms with van der Waals surface area (Å²) >= 11 is 0. The van der Waals surface area contributed by atoms with Crippen molar-refractivity contribution in [2.75, 3.05) is 26.1 Å². The summed E-state index contributed by atoms with van der Waals surface area (Å²) in [6.45, 7) is -0.241. The Morgan fingerprint density at radius 1 is 1.07 bits per heavy atom. The summed E-state index contributed by atoms with van der Waals surface area (Å²) < 4.78 is 35.9. The maximum absolute atomic E-state index is 12.5. The van der Waals surface area contributed by atoms with E-state index in [9.17, 15) is 18.0 Å². The number of hydrogen-bond acceptors (Lipinski definition) is 6. The maximum Gasteiger partial charge on any atom is 0.269 e. The molecule has 1 N–H and O–H groups in total. The van der Waals surface area contributed by atoms with Crippen LogP contribution in [0.5, 0.6) is 11.5 Å². The number of fused-ring (bicyclic) bond motifs is 1. The average molecular weight is 390 g/mol. The van der Waals surface area contributed by atoms with Crippen molar-refractivity contribution < 1.29 is 27.5 Å². The molecule has 2 aromatic rings. The Morgan fingerprint density at radius 2 is 1.78 bits per heavy atom. The van der Waals surface area contributed by atoms with Crippen LogP contribution in [0.15, 0.2) is 47.4 Å². The summed E-state index contributed by atoms with van der Waals surface area (Å²) in [6, 6.07) is 10.8. The van der Waals surface area contributed by atoms with Gasteiger partial charge in [-0.25, -0.2) is 12.7 Å². The molecule has 0 unspecified atom stereocenters. The van der Waals surface area contributed by atoms with Crippen LogP contribution in [0.2, 0.25) is 0 Å². The van der Waals surface area contributed by atoms with Crippen molar-refractivity contribution in [2.45, 2.75) is 11.3 Å². The van der Waals surface area contributed by atoms with E-state index >= 15 is 0 Å². The predicted molar refractivity (Wildman–Crippen MR) is 97.5 cm³/mol. The molecule has 1 aliphatic rings. The number of sulfonamides is 1. The fraction of sp³-hybridized carbons (Fsp3) is 0.222. The van der Waals surface area contributed by atoms with Crippen molar-refractivity contribution in [3.05, 3.63) is 48.0 Å². The lowest BCUT2D eigenvalue weighted by Gasteiger charge is -2.15. The van der Waals surface area contributed by atoms with Gasteiger partial charge >= 0.3 is 0 Å². The van der Waals surface area contributed by atoms with Crippen LogP contribution < -0.4 is 14.8 Å². The van der Waals surface area contributed by atoms with Gasteiger partial charge in [-0.3, -0.25) is 9.59 Å². The van der Waals surface area contributed by atoms with Crippen LogP contribution in [0.4, 0.5) is 5.69 Å². The number of carbonyl (C=O) groups excluding carboxylic acids is 2. The van der Waals surface area contributed by atoms with E-state index in [0.29, 0.717) is 17.2 Å². The number of rotatable bonds is 6. The monoisotopic (exact) mass is 390 g/mol. The number of nitrogens with zero attached hydrogens (tertiary/aromatic N) is 1. The molecule has 0 aromatic heterocycles. The van der Waals surface area contributed by atoms with Gasteiger partial charge in [0.15, 0.2) is 11.5 Å². The zero-order chi connectivity index (χ0) is 19.6. The number of carbonyl (C=O) groups is 2. The highest BCUT2D eigenvalue weighted by Gasteiger charge is 2.40. The maximum atomic E-state index is 12.5. The Balaban J connectivity index is 1.68. The van der Waals surface area contributed by atoms with Crippen LogP contribution in [0.1, 0.15) is 16.8 Å². The van der Waals surface area contributed by atoms with Crippen LogP contribution in [-0.2, 0) is 14.8 Å². The van der Waals surface area contributed by atoms with Crippen LogP contribution in [0.25, 0.3) is 0 Å². The van der Waals surface area contributed by atoms with E-state index in [4.69, 9.17) is 9.47 Å². The summed E-state index contributed by atoms with van der Waals surface area (Å²) in [7, 11) is -0.938. The molecule has 9 heteroatoms. The van der Waals surface area contributed by atoms with E-state index in [1.165, 1.54) is 26.4 Å². The molecule has 3 rings (SSSR count). The molecule has 1 aliphatic heterocycles. The lowest BCUT2D eigenvalue weighted by atomic mass is 10.2. The normalized spacial score (nSPS) is 14.6. The molecule has 8 nitrogen and oxygen atoms in total. The van der Waals surface area contributed by atoms with Crippen molar-refractivity contribution >= 4 is 27.5 Å². The smallest absolute Gasteiger partial charge is 0.269 e. The van der Waals surface area contributed by atoms with Gasteiger partial charge in [0.1, 0.15) is 4.90 Å². The average Bonchev–Trinajstić information content (AvgIpc) is 2.86. The molecule has 0 atom stereocenters. The fourth-order valence-electron chi connectivity index (χ4n) is 2.79. The second-order valence-electron chi connectivity index (χ2n) is 5.75. The Bertz CT molecular complexity index is 1000. The first-order valence-corrected chi connectivity index (χ1v) is 9.50. The molecule has 0 radical (unpaired) electrons. The number of benzene rings is 2. The molecule has 0 spiro atoms. The molecule has 2 amide bonds. The molecule has 0 fully saturated rings. The number of hydrogen-bond donors (Lipinski definition) is 1. The van der Waals surface area contributed by atoms with Gasteiger partial charge in [0.05, 0.1) is 19.8 Å². The Morgan fingerprint density at radius 3 is 2.44 bits per heavy atom. The molecule has 0 aliphatic carbocycles. The fourth-order valence-corrected chi connectivity index (χ4v) is 4.36. The number of amides is 2. The van der Waals surface area contributed by atoms with E-state index in [1.54, 1.807) is 30.3 Å². The van der Waals surface area contributed by atoms with E-state index in [-0.39, 0.29) is 23.4 Å². The summed E-state index contributed by atoms with van der Waals surface area (Å²) in [4.78, 5) is 24.5. The molecular weight excluding hydrogens is 372 g/mol. The second-order valence-corrected chi connectivity index (χ2v) is 7.58. The first-order valence-electron chi connectivity index (χ1n) is 8.06. The van der Waals surface area contributed by atoms with Gasteiger partial charge in [0, 0.05) is 24.7 Å². The first kappa shape index (κ1) is 18.7. The summed E-state index contributed by atoms with van der Waals surface area (Å²) in [5.41, 5.74) is 0.592. The third-order valence-corrected chi connectivity index (χ3v) is 5.96. The zero-order valence-corrected chi connectivity index (χ0v) is 15.6. The quantitative estimate of drug-likeness (QED) is 0.808. The largest absolute Gasteiger partial charge is 0.493 e. The van der Waals surface area contributed by atoms with Gasteiger partial charge in [-0.05, 0) is 24.3 Å². The van der Waals surface area contributed by atoms with E-state index in [1.807, 2.05) is 0 Å². The van der Waals surface area contributed by atoms with E-state index < -0.39 is 21.8 Å². The van der Waals surface area contributed by atoms with E-state index in [2.05, 4.69) is 5.32 Å². The summed E-state index contributed by atoms with van der Waals surface area (Å²) in [5, 5.41) is 2.65. The van der Waals surface area contributed by atoms with Gasteiger partial charge in [-0.1, -0.05) is 12.1 Å². The topological polar surface area (TPSA) is 102 Å². The third kappa shape index (κ3) is 3.45. The van der Waals surface area contributed by atoms with Crippen LogP contribution in [-0.4, -0.2) is 45.3 Å². The highest BCUT2D eigenvalue weighted by atomic mass is 32.2. The molecule has 0 saturated heterocycles. The Hall–Kier alpha value is -3.07. The minimum Gasteiger partial charge on any atom is -0.493 e. The lowest BCUT2D eigenvalue weighted by molar-refractivity contribution is -0.116. The van der Waals surface area contributed by atoms with Gasteiger partial charge in [-0.2, -0.15) is 0 Å². The lowest BCUT2D eigenvalue weighted by Crippen LogP contribution is -2.33. The van der Waals surface area contributed by atoms with Crippen LogP contribution in [0.3, 0.4) is 0 Å². The number of nitrogens with one attached hydrogen (secondary N) is 1. The molecule has 0 bridgehead atoms. The molecule has 1 heterocycles. The zero-order valence-electron chi connectivity index (χ0n) is 14.8. The van der Waals surface area contributed by atoms with Gasteiger partial charge < -0.3 is 14.8 Å². The molecule has 142 valence electrons. The van der Waals surface area contributed by atoms with Gasteiger partial charge in [0.25, 0.3) is 15.9 Å². The van der Waals surface area contributed by atoms with Crippen LogP contribution >= 0.6 is 0 Å². The van der Waals surface area contributed by atoms with E-state index in [0.717, 1.165) is 4.31 Å². The third-order valence-electron chi connectivity index (χ3n) is 4.12. The standard InChI is InChI=1S/C18H18N2O6S/c1-25-14-8-7-12(11-15(14)26-2)19-17(21)9-10-20-18(22)13-5-3-4-6-16(13)27(20,23)24/h3-8,11H,9-10H2,1-2H3,(H,19,21). The SMILES string of the molecule is COc1ccc(NC(=O)CCN2C(=O)c3ccccc3S2(=O)=O)cc1OC. The first-order chi connectivity index (χ1) is 12.9. The minimum absolute atomic E-state index is 0.0321. The highest BCUT2D eigenvalue weighted by Crippen LogP contribution is 2.31. The van der Waals surface area contributed by atoms with Crippen molar-refractivity contribution in [1.82, 2.24) is 4.31 Å². The van der Waals surface area contributed by atoms with Gasteiger partial charge in [0.2, 0.25) is 5.91 Å². The second kappa shape index (κ2) is 7.28. The van der Waals surface area contributed by atoms with Gasteiger partial charge in [-0.15, -0.1) is 0 Å². The molecule has 27 heavy (non-hydrogen) atoms. The molecule has 2 aromatic carbocycles. The number of methoxy groups -OCH3 is 2. The van der Waals surface area contributed by atoms with Crippen molar-refractivity contribution in [3.8, 4) is 11.5 Å². The minimum atomic E-state index is -3.92. The molecular formula is C18H18N2O6S. The van der Waals surface area contributed by atoms with Crippen molar-refractivity contribution in [3.63, 3.8) is 0 Å². The number of anilines is 1. The number of ether oxygens (including phenoxy) is 2. The molecule has 0 saturated carbocycles. The summed E-state index contributed by atoms with van der Waals surface area (Å²) in [5.74, 6) is -0.0873. The van der Waals surface area contributed by atoms with Crippen LogP contribution in [0, 0.1) is 0 Å². The van der Waals surface area contributed by atoms with Crippen molar-refractivity contribution in [2.24, 2.45) is 0 Å². The Labute approximate surface area is 156 Å². The summed E-state index contributed by atoms with van der Waals surface area (Å²) in [6.07, 6.45) is -0.173. The highest BCUT2D eigenvalue weighted by molar-refractivity contribution is 7.90. The van der Waals surface area contributed by atoms with Crippen molar-refractivity contribution in [1.29, 1.82) is 0 Å². The Kier molecular flexibility index (Phi) is 5.04.